The van der Waals surface area contributed by atoms with Gasteiger partial charge in [0.1, 0.15) is 29.6 Å². The Morgan fingerprint density at radius 2 is 1.74 bits per heavy atom. The lowest BCUT2D eigenvalue weighted by Gasteiger charge is -2.11. The molecule has 4 aromatic rings. The number of non-ortho nitro benzene ring substituents is 1. The molecule has 0 saturated heterocycles. The van der Waals surface area contributed by atoms with Crippen LogP contribution in [0.15, 0.2) is 83.3 Å². The Kier molecular flexibility index (Phi) is 8.18. The summed E-state index contributed by atoms with van der Waals surface area (Å²) in [7, 11) is 0. The summed E-state index contributed by atoms with van der Waals surface area (Å²) in [5.41, 5.74) is -0.192. The van der Waals surface area contributed by atoms with Gasteiger partial charge in [0, 0.05) is 12.1 Å². The van der Waals surface area contributed by atoms with Gasteiger partial charge in [-0.1, -0.05) is 31.5 Å². The second kappa shape index (κ2) is 11.7. The van der Waals surface area contributed by atoms with E-state index < -0.39 is 28.3 Å². The van der Waals surface area contributed by atoms with E-state index >= 15 is 0 Å². The summed E-state index contributed by atoms with van der Waals surface area (Å²) in [5.74, 6) is -0.0717. The van der Waals surface area contributed by atoms with E-state index in [2.05, 4.69) is 12.2 Å². The summed E-state index contributed by atoms with van der Waals surface area (Å²) in [4.78, 5) is 23.4. The minimum Gasteiger partial charge on any atom is -0.486 e. The Balaban J connectivity index is 1.44. The molecule has 0 fully saturated rings. The lowest BCUT2D eigenvalue weighted by atomic mass is 10.1. The first-order chi connectivity index (χ1) is 18.6. The molecule has 4 rings (SSSR count). The smallest absolute Gasteiger partial charge is 0.416 e. The predicted molar refractivity (Wildman–Crippen MR) is 136 cm³/mol. The SMILES string of the molecule is CCCc1ccc(OCc2ccc(C(=O)Nc3cc(Oc4cccc(C(F)(F)F)c4)cc([N+](=O)[O-])c3)o2)cc1. The van der Waals surface area contributed by atoms with Crippen LogP contribution in [0.4, 0.5) is 24.5 Å². The molecule has 0 aliphatic carbocycles. The number of nitrogens with zero attached hydrogens (tertiary/aromatic N) is 1. The highest BCUT2D eigenvalue weighted by molar-refractivity contribution is 6.02. The molecule has 39 heavy (non-hydrogen) atoms. The zero-order chi connectivity index (χ0) is 28.0. The van der Waals surface area contributed by atoms with Crippen molar-refractivity contribution in [2.75, 3.05) is 5.32 Å². The Hall–Kier alpha value is -4.80. The quantitative estimate of drug-likeness (QED) is 0.163. The van der Waals surface area contributed by atoms with Crippen LogP contribution in [0.25, 0.3) is 0 Å². The van der Waals surface area contributed by atoms with E-state index in [1.54, 1.807) is 6.07 Å². The van der Waals surface area contributed by atoms with Crippen LogP contribution in [0, 0.1) is 10.1 Å². The molecule has 0 aliphatic heterocycles. The number of ether oxygens (including phenoxy) is 2. The third-order valence-corrected chi connectivity index (χ3v) is 5.49. The van der Waals surface area contributed by atoms with Crippen molar-refractivity contribution < 1.29 is 36.8 Å². The molecule has 1 N–H and O–H groups in total. The molecule has 0 unspecified atom stereocenters. The number of amides is 1. The zero-order valence-corrected chi connectivity index (χ0v) is 20.7. The number of benzene rings is 3. The minimum absolute atomic E-state index is 0.0162. The predicted octanol–water partition coefficient (Wildman–Crippen LogP) is 7.78. The van der Waals surface area contributed by atoms with Crippen LogP contribution in [-0.2, 0) is 19.2 Å². The molecular formula is C28H23F3N2O6. The molecule has 0 atom stereocenters. The maximum absolute atomic E-state index is 13.0. The maximum atomic E-state index is 13.0. The number of alkyl halides is 3. The van der Waals surface area contributed by atoms with Crippen molar-refractivity contribution in [3.8, 4) is 17.2 Å². The highest BCUT2D eigenvalue weighted by atomic mass is 19.4. The highest BCUT2D eigenvalue weighted by Crippen LogP contribution is 2.34. The van der Waals surface area contributed by atoms with Crippen LogP contribution in [0.5, 0.6) is 17.2 Å². The van der Waals surface area contributed by atoms with Crippen LogP contribution < -0.4 is 14.8 Å². The van der Waals surface area contributed by atoms with Crippen LogP contribution >= 0.6 is 0 Å². The van der Waals surface area contributed by atoms with Crippen molar-refractivity contribution in [2.45, 2.75) is 32.5 Å². The van der Waals surface area contributed by atoms with Gasteiger partial charge in [0.2, 0.25) is 0 Å². The molecule has 0 radical (unpaired) electrons. The lowest BCUT2D eigenvalue weighted by Crippen LogP contribution is -2.11. The van der Waals surface area contributed by atoms with Crippen LogP contribution in [0.3, 0.4) is 0 Å². The molecule has 8 nitrogen and oxygen atoms in total. The van der Waals surface area contributed by atoms with E-state index in [1.807, 2.05) is 24.3 Å². The second-order valence-corrected chi connectivity index (χ2v) is 8.50. The molecule has 0 saturated carbocycles. The van der Waals surface area contributed by atoms with E-state index in [0.29, 0.717) is 11.5 Å². The Morgan fingerprint density at radius 3 is 2.44 bits per heavy atom. The number of aryl methyl sites for hydroxylation is 1. The molecule has 1 amide bonds. The fourth-order valence-electron chi connectivity index (χ4n) is 3.66. The summed E-state index contributed by atoms with van der Waals surface area (Å²) >= 11 is 0. The number of hydrogen-bond acceptors (Lipinski definition) is 6. The third-order valence-electron chi connectivity index (χ3n) is 5.49. The average molecular weight is 540 g/mol. The van der Waals surface area contributed by atoms with Crippen LogP contribution in [0.1, 0.15) is 40.8 Å². The van der Waals surface area contributed by atoms with Gasteiger partial charge in [-0.3, -0.25) is 14.9 Å². The molecule has 3 aromatic carbocycles. The van der Waals surface area contributed by atoms with Gasteiger partial charge in [-0.05, 0) is 54.4 Å². The zero-order valence-electron chi connectivity index (χ0n) is 20.7. The molecule has 1 aromatic heterocycles. The fraction of sp³-hybridized carbons (Fsp3) is 0.179. The van der Waals surface area contributed by atoms with Crippen molar-refractivity contribution in [3.05, 3.63) is 112 Å². The van der Waals surface area contributed by atoms with Gasteiger partial charge in [-0.15, -0.1) is 0 Å². The number of carbonyl (C=O) groups excluding carboxylic acids is 1. The van der Waals surface area contributed by atoms with Gasteiger partial charge in [0.05, 0.1) is 22.2 Å². The molecule has 0 spiro atoms. The largest absolute Gasteiger partial charge is 0.486 e. The molecule has 11 heteroatoms. The number of nitrogens with one attached hydrogen (secondary N) is 1. The average Bonchev–Trinajstić information content (AvgIpc) is 3.37. The van der Waals surface area contributed by atoms with Gasteiger partial charge in [-0.25, -0.2) is 0 Å². The number of nitro groups is 1. The molecule has 0 aliphatic rings. The standard InChI is InChI=1S/C28H23F3N2O6/c1-2-4-18-7-9-22(10-8-18)37-17-24-11-12-26(39-24)27(34)32-20-14-21(33(35)36)16-25(15-20)38-23-6-3-5-19(13-23)28(29,30)31/h3,5-16H,2,4,17H2,1H3,(H,32,34). The first-order valence-electron chi connectivity index (χ1n) is 11.9. The topological polar surface area (TPSA) is 104 Å². The van der Waals surface area contributed by atoms with E-state index in [-0.39, 0.29) is 29.6 Å². The maximum Gasteiger partial charge on any atom is 0.416 e. The summed E-state index contributed by atoms with van der Waals surface area (Å²) in [5, 5.41) is 13.9. The first kappa shape index (κ1) is 27.2. The number of anilines is 1. The molecule has 202 valence electrons. The number of hydrogen-bond donors (Lipinski definition) is 1. The summed E-state index contributed by atoms with van der Waals surface area (Å²) in [6, 6.07) is 18.1. The Bertz CT molecular complexity index is 1460. The number of halogens is 3. The molecule has 1 heterocycles. The van der Waals surface area contributed by atoms with E-state index in [9.17, 15) is 28.1 Å². The fourth-order valence-corrected chi connectivity index (χ4v) is 3.66. The summed E-state index contributed by atoms with van der Waals surface area (Å²) in [6.45, 7) is 2.17. The first-order valence-corrected chi connectivity index (χ1v) is 11.9. The van der Waals surface area contributed by atoms with Gasteiger partial charge in [-0.2, -0.15) is 13.2 Å². The monoisotopic (exact) mass is 540 g/mol. The number of carbonyl (C=O) groups is 1. The van der Waals surface area contributed by atoms with Crippen LogP contribution in [-0.4, -0.2) is 10.8 Å². The molecular weight excluding hydrogens is 517 g/mol. The number of rotatable bonds is 10. The van der Waals surface area contributed by atoms with Gasteiger partial charge in [0.25, 0.3) is 11.6 Å². The normalized spacial score (nSPS) is 11.2. The van der Waals surface area contributed by atoms with Crippen LogP contribution in [0.2, 0.25) is 0 Å². The number of nitro benzene ring substituents is 1. The van der Waals surface area contributed by atoms with E-state index in [0.717, 1.165) is 43.2 Å². The summed E-state index contributed by atoms with van der Waals surface area (Å²) < 4.78 is 55.7. The van der Waals surface area contributed by atoms with E-state index in [4.69, 9.17) is 13.9 Å². The second-order valence-electron chi connectivity index (χ2n) is 8.50. The Labute approximate surface area is 221 Å². The van der Waals surface area contributed by atoms with Gasteiger partial charge in [0.15, 0.2) is 5.76 Å². The minimum atomic E-state index is -4.59. The van der Waals surface area contributed by atoms with Crippen molar-refractivity contribution >= 4 is 17.3 Å². The van der Waals surface area contributed by atoms with Gasteiger partial charge >= 0.3 is 6.18 Å². The number of furan rings is 1. The van der Waals surface area contributed by atoms with Gasteiger partial charge < -0.3 is 19.2 Å². The summed E-state index contributed by atoms with van der Waals surface area (Å²) in [6.07, 6.45) is -2.58. The third kappa shape index (κ3) is 7.37. The van der Waals surface area contributed by atoms with Crippen molar-refractivity contribution in [1.29, 1.82) is 0 Å². The lowest BCUT2D eigenvalue weighted by molar-refractivity contribution is -0.384. The Morgan fingerprint density at radius 1 is 0.974 bits per heavy atom. The van der Waals surface area contributed by atoms with Crippen molar-refractivity contribution in [3.63, 3.8) is 0 Å². The van der Waals surface area contributed by atoms with E-state index in [1.165, 1.54) is 23.8 Å². The highest BCUT2D eigenvalue weighted by Gasteiger charge is 2.30. The van der Waals surface area contributed by atoms with Crippen molar-refractivity contribution in [1.82, 2.24) is 0 Å². The molecule has 0 bridgehead atoms. The van der Waals surface area contributed by atoms with Crippen molar-refractivity contribution in [2.24, 2.45) is 0 Å².